The van der Waals surface area contributed by atoms with Gasteiger partial charge in [-0.15, -0.1) is 0 Å². The number of carbonyl (C=O) groups excluding carboxylic acids is 2. The number of hydrogen-bond acceptors (Lipinski definition) is 8. The number of nitrogens with zero attached hydrogens (tertiary/aromatic N) is 6. The minimum atomic E-state index is -0.404. The Hall–Kier alpha value is -3.56. The van der Waals surface area contributed by atoms with Gasteiger partial charge in [-0.05, 0) is 18.2 Å². The normalized spacial score (nSPS) is 14.6. The van der Waals surface area contributed by atoms with Crippen molar-refractivity contribution in [3.05, 3.63) is 42.1 Å². The fourth-order valence-corrected chi connectivity index (χ4v) is 2.67. The first kappa shape index (κ1) is 18.2. The molecule has 0 bridgehead atoms. The van der Waals surface area contributed by atoms with Crippen LogP contribution in [0.15, 0.2) is 36.4 Å². The average molecular weight is 368 g/mol. The zero-order valence-electron chi connectivity index (χ0n) is 14.9. The second kappa shape index (κ2) is 8.70. The van der Waals surface area contributed by atoms with E-state index in [-0.39, 0.29) is 5.70 Å². The molecule has 1 saturated heterocycles. The van der Waals surface area contributed by atoms with Crippen LogP contribution in [0, 0.1) is 0 Å². The monoisotopic (exact) mass is 368 g/mol. The summed E-state index contributed by atoms with van der Waals surface area (Å²) in [5.74, 6) is 0.878. The van der Waals surface area contributed by atoms with Gasteiger partial charge in [0.2, 0.25) is 18.3 Å². The lowest BCUT2D eigenvalue weighted by molar-refractivity contribution is -0.118. The lowest BCUT2D eigenvalue weighted by Gasteiger charge is -2.34. The van der Waals surface area contributed by atoms with E-state index in [1.54, 1.807) is 30.7 Å². The molecule has 0 spiro atoms. The summed E-state index contributed by atoms with van der Waals surface area (Å²) in [4.78, 5) is 44.0. The van der Waals surface area contributed by atoms with Crippen molar-refractivity contribution in [3.63, 3.8) is 0 Å². The predicted octanol–water partition coefficient (Wildman–Crippen LogP) is -0.574. The van der Waals surface area contributed by atoms with E-state index in [2.05, 4.69) is 40.4 Å². The summed E-state index contributed by atoms with van der Waals surface area (Å²) in [7, 11) is 1.49. The summed E-state index contributed by atoms with van der Waals surface area (Å²) >= 11 is 0. The third-order valence-electron chi connectivity index (χ3n) is 4.04. The van der Waals surface area contributed by atoms with Crippen molar-refractivity contribution >= 4 is 30.3 Å². The number of aromatic nitrogens is 4. The second-order valence-electron chi connectivity index (χ2n) is 5.70. The van der Waals surface area contributed by atoms with E-state index in [0.29, 0.717) is 24.0 Å². The molecule has 1 aliphatic rings. The van der Waals surface area contributed by atoms with Crippen molar-refractivity contribution in [1.29, 1.82) is 0 Å². The summed E-state index contributed by atoms with van der Waals surface area (Å²) in [5, 5.41) is 4.85. The van der Waals surface area contributed by atoms with Gasteiger partial charge in [-0.2, -0.15) is 0 Å². The fraction of sp³-hybridized carbons (Fsp3) is 0.294. The molecule has 0 atom stereocenters. The largest absolute Gasteiger partial charge is 0.354 e. The third-order valence-corrected chi connectivity index (χ3v) is 4.04. The van der Waals surface area contributed by atoms with E-state index >= 15 is 0 Å². The highest BCUT2D eigenvalue weighted by Gasteiger charge is 2.20. The van der Waals surface area contributed by atoms with Crippen LogP contribution in [-0.4, -0.2) is 65.5 Å². The van der Waals surface area contributed by atoms with Crippen molar-refractivity contribution in [2.75, 3.05) is 43.0 Å². The molecule has 3 rings (SSSR count). The Bertz CT molecular complexity index is 819. The number of amides is 2. The first-order valence-corrected chi connectivity index (χ1v) is 8.45. The molecule has 0 aromatic carbocycles. The number of likely N-dealkylation sites (N-methyl/N-ethyl adjacent to an activating group) is 1. The molecular formula is C17H20N8O2. The Morgan fingerprint density at radius 3 is 2.30 bits per heavy atom. The molecule has 1 fully saturated rings. The molecule has 0 unspecified atom stereocenters. The molecule has 140 valence electrons. The summed E-state index contributed by atoms with van der Waals surface area (Å²) in [6.45, 7) is 2.95. The van der Waals surface area contributed by atoms with E-state index in [0.717, 1.165) is 26.2 Å². The van der Waals surface area contributed by atoms with Crippen molar-refractivity contribution in [1.82, 2.24) is 30.6 Å². The highest BCUT2D eigenvalue weighted by Crippen LogP contribution is 2.15. The van der Waals surface area contributed by atoms with E-state index in [1.807, 2.05) is 0 Å². The van der Waals surface area contributed by atoms with Crippen molar-refractivity contribution in [3.8, 4) is 0 Å². The zero-order chi connectivity index (χ0) is 19.1. The summed E-state index contributed by atoms with van der Waals surface area (Å²) < 4.78 is 0. The van der Waals surface area contributed by atoms with Gasteiger partial charge in [0.05, 0.1) is 5.69 Å². The summed E-state index contributed by atoms with van der Waals surface area (Å²) in [6, 6.07) is 3.46. The number of anilines is 2. The molecular weight excluding hydrogens is 348 g/mol. The van der Waals surface area contributed by atoms with Crippen LogP contribution in [0.4, 0.5) is 11.9 Å². The van der Waals surface area contributed by atoms with E-state index in [4.69, 9.17) is 0 Å². The number of rotatable bonds is 6. The quantitative estimate of drug-likeness (QED) is 0.514. The molecule has 10 nitrogen and oxygen atoms in total. The second-order valence-corrected chi connectivity index (χ2v) is 5.70. The molecule has 2 aromatic heterocycles. The first-order valence-electron chi connectivity index (χ1n) is 8.45. The molecule has 27 heavy (non-hydrogen) atoms. The van der Waals surface area contributed by atoms with E-state index < -0.39 is 5.91 Å². The minimum absolute atomic E-state index is 0.114. The number of piperazine rings is 1. The maximum Gasteiger partial charge on any atom is 0.267 e. The minimum Gasteiger partial charge on any atom is -0.354 e. The van der Waals surface area contributed by atoms with Gasteiger partial charge in [0.15, 0.2) is 0 Å². The van der Waals surface area contributed by atoms with Crippen LogP contribution in [0.5, 0.6) is 0 Å². The van der Waals surface area contributed by atoms with Crippen LogP contribution in [-0.2, 0) is 9.59 Å². The zero-order valence-corrected chi connectivity index (χ0v) is 14.9. The number of nitrogens with one attached hydrogen (secondary N) is 2. The maximum absolute atomic E-state index is 11.8. The standard InChI is InChI=1S/C17H20N8O2/c1-18-15(27)14(22-12-26)11-13-3-6-21-17(23-13)25-9-7-24(8-10-25)16-19-4-2-5-20-16/h2-6,11-12H,7-10H2,1H3,(H,18,27)(H,22,26)/b14-11-. The van der Waals surface area contributed by atoms with Crippen LogP contribution in [0.3, 0.4) is 0 Å². The molecule has 10 heteroatoms. The molecule has 3 heterocycles. The van der Waals surface area contributed by atoms with E-state index in [1.165, 1.54) is 13.1 Å². The molecule has 2 amide bonds. The van der Waals surface area contributed by atoms with Crippen LogP contribution in [0.2, 0.25) is 0 Å². The van der Waals surface area contributed by atoms with Gasteiger partial charge in [-0.1, -0.05) is 0 Å². The molecule has 0 radical (unpaired) electrons. The average Bonchev–Trinajstić information content (AvgIpc) is 2.74. The highest BCUT2D eigenvalue weighted by atomic mass is 16.2. The Balaban J connectivity index is 1.71. The Labute approximate surface area is 156 Å². The van der Waals surface area contributed by atoms with Crippen LogP contribution in [0.1, 0.15) is 5.69 Å². The highest BCUT2D eigenvalue weighted by molar-refractivity contribution is 5.98. The SMILES string of the molecule is CNC(=O)/C(=C/c1ccnc(N2CCN(c3ncccn3)CC2)n1)NC=O. The van der Waals surface area contributed by atoms with Gasteiger partial charge in [0, 0.05) is 51.8 Å². The van der Waals surface area contributed by atoms with Gasteiger partial charge in [-0.3, -0.25) is 9.59 Å². The van der Waals surface area contributed by atoms with Crippen molar-refractivity contribution < 1.29 is 9.59 Å². The molecule has 0 aliphatic carbocycles. The van der Waals surface area contributed by atoms with Gasteiger partial charge in [-0.25, -0.2) is 19.9 Å². The van der Waals surface area contributed by atoms with Gasteiger partial charge in [0.1, 0.15) is 5.70 Å². The van der Waals surface area contributed by atoms with Gasteiger partial charge < -0.3 is 20.4 Å². The number of hydrogen-bond donors (Lipinski definition) is 2. The van der Waals surface area contributed by atoms with Crippen LogP contribution in [0.25, 0.3) is 6.08 Å². The lowest BCUT2D eigenvalue weighted by Crippen LogP contribution is -2.47. The number of carbonyl (C=O) groups is 2. The summed E-state index contributed by atoms with van der Waals surface area (Å²) in [6.07, 6.45) is 7.04. The van der Waals surface area contributed by atoms with Gasteiger partial charge in [0.25, 0.3) is 5.91 Å². The predicted molar refractivity (Wildman–Crippen MR) is 99.7 cm³/mol. The summed E-state index contributed by atoms with van der Waals surface area (Å²) in [5.41, 5.74) is 0.643. The third kappa shape index (κ3) is 4.54. The van der Waals surface area contributed by atoms with E-state index in [9.17, 15) is 9.59 Å². The fourth-order valence-electron chi connectivity index (χ4n) is 2.67. The first-order chi connectivity index (χ1) is 13.2. The lowest BCUT2D eigenvalue weighted by atomic mass is 10.3. The van der Waals surface area contributed by atoms with Gasteiger partial charge >= 0.3 is 0 Å². The molecule has 0 saturated carbocycles. The van der Waals surface area contributed by atoms with Crippen LogP contribution >= 0.6 is 0 Å². The molecule has 2 N–H and O–H groups in total. The molecule has 2 aromatic rings. The molecule has 1 aliphatic heterocycles. The Kier molecular flexibility index (Phi) is 5.87. The van der Waals surface area contributed by atoms with Crippen molar-refractivity contribution in [2.45, 2.75) is 0 Å². The topological polar surface area (TPSA) is 116 Å². The van der Waals surface area contributed by atoms with Crippen LogP contribution < -0.4 is 20.4 Å². The Morgan fingerprint density at radius 1 is 1.04 bits per heavy atom. The Morgan fingerprint density at radius 2 is 1.67 bits per heavy atom. The maximum atomic E-state index is 11.8. The van der Waals surface area contributed by atoms with Crippen molar-refractivity contribution in [2.24, 2.45) is 0 Å². The smallest absolute Gasteiger partial charge is 0.267 e.